The van der Waals surface area contributed by atoms with Crippen LogP contribution in [0.4, 0.5) is 5.69 Å². The molecule has 0 unspecified atom stereocenters. The maximum absolute atomic E-state index is 5.25. The van der Waals surface area contributed by atoms with Crippen molar-refractivity contribution in [2.75, 3.05) is 19.5 Å². The molecule has 0 spiro atoms. The molecule has 1 aromatic carbocycles. The molecule has 2 heteroatoms. The topological polar surface area (TPSA) is 21.3 Å². The average Bonchev–Trinajstić information content (AvgIpc) is 2.30. The largest absolute Gasteiger partial charge is 0.496 e. The molecule has 0 aliphatic heterocycles. The van der Waals surface area contributed by atoms with Gasteiger partial charge in [0, 0.05) is 24.4 Å². The summed E-state index contributed by atoms with van der Waals surface area (Å²) in [6.07, 6.45) is 0. The number of hydrogen-bond acceptors (Lipinski definition) is 2. The van der Waals surface area contributed by atoms with Crippen molar-refractivity contribution in [1.82, 2.24) is 0 Å². The molecule has 0 saturated heterocycles. The molecule has 15 heavy (non-hydrogen) atoms. The summed E-state index contributed by atoms with van der Waals surface area (Å²) in [5.41, 5.74) is 3.11. The first-order chi connectivity index (χ1) is 7.19. The minimum atomic E-state index is 0.861. The standard InChI is InChI=1S/C11H15NO.C2H6/c1-8(2)10-6-5-9(12-3)7-11(10)13-4;1-2/h5-7,12H,1H2,2-4H3;1-2H3. The van der Waals surface area contributed by atoms with Gasteiger partial charge in [0.05, 0.1) is 7.11 Å². The number of allylic oxidation sites excluding steroid dienone is 1. The molecule has 0 atom stereocenters. The molecule has 1 N–H and O–H groups in total. The van der Waals surface area contributed by atoms with Crippen LogP contribution in [0.25, 0.3) is 5.57 Å². The van der Waals surface area contributed by atoms with Crippen molar-refractivity contribution in [1.29, 1.82) is 0 Å². The lowest BCUT2D eigenvalue weighted by Crippen LogP contribution is -1.93. The smallest absolute Gasteiger partial charge is 0.128 e. The molecule has 2 nitrogen and oxygen atoms in total. The molecule has 0 fully saturated rings. The normalized spacial score (nSPS) is 8.60. The van der Waals surface area contributed by atoms with E-state index in [0.29, 0.717) is 0 Å². The molecule has 0 heterocycles. The molecule has 0 saturated carbocycles. The third-order valence-corrected chi connectivity index (χ3v) is 1.95. The minimum absolute atomic E-state index is 0.861. The van der Waals surface area contributed by atoms with Crippen LogP contribution in [0.1, 0.15) is 26.3 Å². The van der Waals surface area contributed by atoms with Gasteiger partial charge >= 0.3 is 0 Å². The van der Waals surface area contributed by atoms with Crippen molar-refractivity contribution >= 4 is 11.3 Å². The van der Waals surface area contributed by atoms with Gasteiger partial charge in [0.2, 0.25) is 0 Å². The summed E-state index contributed by atoms with van der Waals surface area (Å²) in [4.78, 5) is 0. The average molecular weight is 207 g/mol. The number of hydrogen-bond donors (Lipinski definition) is 1. The summed E-state index contributed by atoms with van der Waals surface area (Å²) in [5.74, 6) is 0.861. The van der Waals surface area contributed by atoms with Crippen LogP contribution in [0.3, 0.4) is 0 Å². The van der Waals surface area contributed by atoms with Gasteiger partial charge in [-0.25, -0.2) is 0 Å². The van der Waals surface area contributed by atoms with Gasteiger partial charge in [0.15, 0.2) is 0 Å². The summed E-state index contributed by atoms with van der Waals surface area (Å²) < 4.78 is 5.25. The number of ether oxygens (including phenoxy) is 1. The molecular formula is C13H21NO. The van der Waals surface area contributed by atoms with Crippen molar-refractivity contribution < 1.29 is 4.74 Å². The Morgan fingerprint density at radius 1 is 1.33 bits per heavy atom. The van der Waals surface area contributed by atoms with E-state index in [1.807, 2.05) is 46.0 Å². The third-order valence-electron chi connectivity index (χ3n) is 1.95. The fourth-order valence-electron chi connectivity index (χ4n) is 1.20. The Balaban J connectivity index is 0.000000921. The van der Waals surface area contributed by atoms with E-state index >= 15 is 0 Å². The van der Waals surface area contributed by atoms with E-state index in [4.69, 9.17) is 4.74 Å². The number of methoxy groups -OCH3 is 1. The molecule has 0 bridgehead atoms. The second-order valence-corrected chi connectivity index (χ2v) is 2.95. The van der Waals surface area contributed by atoms with Gasteiger partial charge < -0.3 is 10.1 Å². The lowest BCUT2D eigenvalue weighted by molar-refractivity contribution is 0.413. The molecule has 0 amide bonds. The molecular weight excluding hydrogens is 186 g/mol. The van der Waals surface area contributed by atoms with Crippen LogP contribution in [-0.4, -0.2) is 14.2 Å². The Bertz CT molecular complexity index is 318. The van der Waals surface area contributed by atoms with E-state index in [1.165, 1.54) is 0 Å². The van der Waals surface area contributed by atoms with Crippen LogP contribution < -0.4 is 10.1 Å². The van der Waals surface area contributed by atoms with Gasteiger partial charge in [-0.05, 0) is 24.6 Å². The maximum atomic E-state index is 5.25. The highest BCUT2D eigenvalue weighted by Gasteiger charge is 2.03. The van der Waals surface area contributed by atoms with Crippen molar-refractivity contribution in [3.05, 3.63) is 30.3 Å². The zero-order valence-corrected chi connectivity index (χ0v) is 10.3. The fourth-order valence-corrected chi connectivity index (χ4v) is 1.20. The van der Waals surface area contributed by atoms with E-state index in [2.05, 4.69) is 11.9 Å². The van der Waals surface area contributed by atoms with Gasteiger partial charge in [0.25, 0.3) is 0 Å². The first kappa shape index (κ1) is 13.6. The van der Waals surface area contributed by atoms with Crippen LogP contribution in [-0.2, 0) is 0 Å². The van der Waals surface area contributed by atoms with Crippen molar-refractivity contribution in [2.24, 2.45) is 0 Å². The summed E-state index contributed by atoms with van der Waals surface area (Å²) in [6.45, 7) is 9.86. The summed E-state index contributed by atoms with van der Waals surface area (Å²) >= 11 is 0. The lowest BCUT2D eigenvalue weighted by Gasteiger charge is -2.09. The Hall–Kier alpha value is -1.44. The summed E-state index contributed by atoms with van der Waals surface area (Å²) in [5, 5.41) is 3.06. The van der Waals surface area contributed by atoms with Gasteiger partial charge in [-0.2, -0.15) is 0 Å². The number of rotatable bonds is 3. The number of anilines is 1. The van der Waals surface area contributed by atoms with Crippen LogP contribution in [0.2, 0.25) is 0 Å². The molecule has 0 aromatic heterocycles. The lowest BCUT2D eigenvalue weighted by atomic mass is 10.1. The number of nitrogens with one attached hydrogen (secondary N) is 1. The van der Waals surface area contributed by atoms with Crippen LogP contribution in [0.15, 0.2) is 24.8 Å². The number of benzene rings is 1. The second-order valence-electron chi connectivity index (χ2n) is 2.95. The second kappa shape index (κ2) is 6.93. The van der Waals surface area contributed by atoms with E-state index < -0.39 is 0 Å². The predicted molar refractivity (Wildman–Crippen MR) is 68.6 cm³/mol. The quantitative estimate of drug-likeness (QED) is 0.814. The highest BCUT2D eigenvalue weighted by atomic mass is 16.5. The van der Waals surface area contributed by atoms with E-state index in [-0.39, 0.29) is 0 Å². The highest BCUT2D eigenvalue weighted by Crippen LogP contribution is 2.27. The van der Waals surface area contributed by atoms with Crippen molar-refractivity contribution in [3.63, 3.8) is 0 Å². The molecule has 84 valence electrons. The van der Waals surface area contributed by atoms with Crippen molar-refractivity contribution in [3.8, 4) is 5.75 Å². The van der Waals surface area contributed by atoms with Crippen LogP contribution in [0.5, 0.6) is 5.75 Å². The third kappa shape index (κ3) is 3.66. The van der Waals surface area contributed by atoms with E-state index in [0.717, 1.165) is 22.6 Å². The predicted octanol–water partition coefficient (Wildman–Crippen LogP) is 3.80. The van der Waals surface area contributed by atoms with Gasteiger partial charge in [-0.15, -0.1) is 0 Å². The van der Waals surface area contributed by atoms with Gasteiger partial charge in [0.1, 0.15) is 5.75 Å². The monoisotopic (exact) mass is 207 g/mol. The van der Waals surface area contributed by atoms with Crippen molar-refractivity contribution in [2.45, 2.75) is 20.8 Å². The Labute approximate surface area is 93.0 Å². The maximum Gasteiger partial charge on any atom is 0.128 e. The SMILES string of the molecule is C=C(C)c1ccc(NC)cc1OC.CC. The molecule has 0 aliphatic carbocycles. The van der Waals surface area contributed by atoms with Crippen LogP contribution in [0, 0.1) is 0 Å². The van der Waals surface area contributed by atoms with E-state index in [9.17, 15) is 0 Å². The fraction of sp³-hybridized carbons (Fsp3) is 0.385. The highest BCUT2D eigenvalue weighted by molar-refractivity contribution is 5.70. The van der Waals surface area contributed by atoms with Gasteiger partial charge in [-0.1, -0.05) is 20.4 Å². The first-order valence-electron chi connectivity index (χ1n) is 5.20. The summed E-state index contributed by atoms with van der Waals surface area (Å²) in [6, 6.07) is 5.98. The minimum Gasteiger partial charge on any atom is -0.496 e. The summed E-state index contributed by atoms with van der Waals surface area (Å²) in [7, 11) is 3.55. The zero-order valence-electron chi connectivity index (χ0n) is 10.3. The molecule has 0 radical (unpaired) electrons. The molecule has 0 aliphatic rings. The zero-order chi connectivity index (χ0) is 11.8. The molecule has 1 aromatic rings. The Kier molecular flexibility index (Phi) is 6.27. The van der Waals surface area contributed by atoms with Crippen LogP contribution >= 0.6 is 0 Å². The first-order valence-corrected chi connectivity index (χ1v) is 5.20. The molecule has 1 rings (SSSR count). The Morgan fingerprint density at radius 2 is 1.93 bits per heavy atom. The van der Waals surface area contributed by atoms with E-state index in [1.54, 1.807) is 7.11 Å². The van der Waals surface area contributed by atoms with Gasteiger partial charge in [-0.3, -0.25) is 0 Å². The Morgan fingerprint density at radius 3 is 2.33 bits per heavy atom.